The van der Waals surface area contributed by atoms with Gasteiger partial charge in [0.2, 0.25) is 0 Å². The second kappa shape index (κ2) is 5.00. The van der Waals surface area contributed by atoms with Gasteiger partial charge in [0.15, 0.2) is 5.69 Å². The molecule has 0 radical (unpaired) electrons. The smallest absolute Gasteiger partial charge is 0.357 e. The summed E-state index contributed by atoms with van der Waals surface area (Å²) in [5.41, 5.74) is -0.0478. The molecule has 1 saturated heterocycles. The lowest BCUT2D eigenvalue weighted by atomic mass is 9.94. The summed E-state index contributed by atoms with van der Waals surface area (Å²) in [5.74, 6) is -0.450. The number of oxazole rings is 1. The van der Waals surface area contributed by atoms with Crippen LogP contribution in [0, 0.1) is 5.92 Å². The largest absolute Gasteiger partial charge is 0.476 e. The van der Waals surface area contributed by atoms with Crippen LogP contribution in [0.4, 0.5) is 6.01 Å². The van der Waals surface area contributed by atoms with Crippen LogP contribution >= 0.6 is 12.6 Å². The van der Waals surface area contributed by atoms with Gasteiger partial charge in [-0.2, -0.15) is 17.6 Å². The molecular formula is C11H16N2O3S. The number of thiol groups is 1. The van der Waals surface area contributed by atoms with Gasteiger partial charge in [-0.25, -0.2) is 4.79 Å². The van der Waals surface area contributed by atoms with Crippen LogP contribution < -0.4 is 4.90 Å². The Bertz CT molecular complexity index is 407. The average molecular weight is 256 g/mol. The average Bonchev–Trinajstić information content (AvgIpc) is 2.78. The van der Waals surface area contributed by atoms with Crippen LogP contribution in [0.15, 0.2) is 10.7 Å². The van der Waals surface area contributed by atoms with E-state index in [1.54, 1.807) is 0 Å². The molecule has 1 fully saturated rings. The lowest BCUT2D eigenvalue weighted by Crippen LogP contribution is -2.41. The van der Waals surface area contributed by atoms with Crippen molar-refractivity contribution in [2.24, 2.45) is 5.92 Å². The fourth-order valence-electron chi connectivity index (χ4n) is 2.14. The third-order valence-corrected chi connectivity index (χ3v) is 3.81. The molecular weight excluding hydrogens is 240 g/mol. The molecule has 1 aliphatic heterocycles. The summed E-state index contributed by atoms with van der Waals surface area (Å²) in [6.07, 6.45) is 3.33. The molecule has 1 aliphatic rings. The molecule has 1 aromatic rings. The van der Waals surface area contributed by atoms with Crippen LogP contribution in [0.3, 0.4) is 0 Å². The number of anilines is 1. The summed E-state index contributed by atoms with van der Waals surface area (Å²) >= 11 is 4.57. The molecule has 17 heavy (non-hydrogen) atoms. The normalized spacial score (nSPS) is 24.9. The highest BCUT2D eigenvalue weighted by atomic mass is 32.1. The standard InChI is InChI=1S/C11H16N2O3S/c1-2-7-3-4-13(5-9(7)17)11-12-8(6-16-11)10(14)15/h6-7,9,17H,2-5H2,1H3,(H,14,15)/t7-,9?/m0/s1. The first-order valence-corrected chi connectivity index (χ1v) is 6.25. The number of nitrogens with zero attached hydrogens (tertiary/aromatic N) is 2. The van der Waals surface area contributed by atoms with Crippen molar-refractivity contribution in [3.8, 4) is 0 Å². The molecule has 0 aromatic carbocycles. The highest BCUT2D eigenvalue weighted by Crippen LogP contribution is 2.27. The number of rotatable bonds is 3. The number of hydrogen-bond donors (Lipinski definition) is 2. The zero-order valence-corrected chi connectivity index (χ0v) is 10.6. The first-order valence-electron chi connectivity index (χ1n) is 5.73. The maximum atomic E-state index is 10.7. The maximum absolute atomic E-state index is 10.7. The first-order chi connectivity index (χ1) is 8.11. The molecule has 0 aliphatic carbocycles. The number of carbonyl (C=O) groups is 1. The predicted octanol–water partition coefficient (Wildman–Crippen LogP) is 1.91. The van der Waals surface area contributed by atoms with Crippen molar-refractivity contribution in [1.82, 2.24) is 4.98 Å². The number of carboxylic acids is 1. The number of hydrogen-bond acceptors (Lipinski definition) is 5. The topological polar surface area (TPSA) is 66.6 Å². The van der Waals surface area contributed by atoms with Gasteiger partial charge in [0.25, 0.3) is 6.01 Å². The molecule has 2 heterocycles. The van der Waals surface area contributed by atoms with E-state index in [9.17, 15) is 4.79 Å². The monoisotopic (exact) mass is 256 g/mol. The van der Waals surface area contributed by atoms with Crippen LogP contribution in [0.25, 0.3) is 0 Å². The van der Waals surface area contributed by atoms with Crippen molar-refractivity contribution in [3.05, 3.63) is 12.0 Å². The van der Waals surface area contributed by atoms with E-state index in [0.29, 0.717) is 11.9 Å². The molecule has 0 amide bonds. The van der Waals surface area contributed by atoms with Gasteiger partial charge in [0.05, 0.1) is 0 Å². The molecule has 2 rings (SSSR count). The Labute approximate surface area is 105 Å². The summed E-state index contributed by atoms with van der Waals surface area (Å²) in [5, 5.41) is 9.06. The molecule has 1 N–H and O–H groups in total. The SMILES string of the molecule is CC[C@H]1CCN(c2nc(C(=O)O)co2)CC1S. The van der Waals surface area contributed by atoms with E-state index in [4.69, 9.17) is 9.52 Å². The Balaban J connectivity index is 2.06. The van der Waals surface area contributed by atoms with E-state index in [1.165, 1.54) is 6.26 Å². The van der Waals surface area contributed by atoms with Gasteiger partial charge < -0.3 is 14.4 Å². The predicted molar refractivity (Wildman–Crippen MR) is 66.8 cm³/mol. The zero-order chi connectivity index (χ0) is 12.4. The van der Waals surface area contributed by atoms with E-state index in [-0.39, 0.29) is 10.9 Å². The Morgan fingerprint density at radius 2 is 2.53 bits per heavy atom. The molecule has 0 saturated carbocycles. The fourth-order valence-corrected chi connectivity index (χ4v) is 2.69. The Morgan fingerprint density at radius 1 is 1.76 bits per heavy atom. The summed E-state index contributed by atoms with van der Waals surface area (Å²) in [6, 6.07) is 0.385. The number of carboxylic acid groups (broad SMARTS) is 1. The van der Waals surface area contributed by atoms with Gasteiger partial charge >= 0.3 is 5.97 Å². The van der Waals surface area contributed by atoms with Gasteiger partial charge in [-0.1, -0.05) is 13.3 Å². The summed E-state index contributed by atoms with van der Waals surface area (Å²) < 4.78 is 5.18. The van der Waals surface area contributed by atoms with Crippen molar-refractivity contribution in [3.63, 3.8) is 0 Å². The first kappa shape index (κ1) is 12.3. The van der Waals surface area contributed by atoms with E-state index >= 15 is 0 Å². The van der Waals surface area contributed by atoms with Crippen molar-refractivity contribution >= 4 is 24.6 Å². The third kappa shape index (κ3) is 2.57. The lowest BCUT2D eigenvalue weighted by molar-refractivity contribution is 0.0690. The fraction of sp³-hybridized carbons (Fsp3) is 0.636. The minimum Gasteiger partial charge on any atom is -0.476 e. The second-order valence-electron chi connectivity index (χ2n) is 4.29. The van der Waals surface area contributed by atoms with Crippen LogP contribution in [0.1, 0.15) is 30.3 Å². The molecule has 5 nitrogen and oxygen atoms in total. The third-order valence-electron chi connectivity index (χ3n) is 3.23. The van der Waals surface area contributed by atoms with Crippen LogP contribution in [-0.4, -0.2) is 34.4 Å². The Morgan fingerprint density at radius 3 is 3.06 bits per heavy atom. The molecule has 2 atom stereocenters. The summed E-state index contributed by atoms with van der Waals surface area (Å²) in [7, 11) is 0. The highest BCUT2D eigenvalue weighted by Gasteiger charge is 2.28. The van der Waals surface area contributed by atoms with Crippen LogP contribution in [0.2, 0.25) is 0 Å². The van der Waals surface area contributed by atoms with E-state index < -0.39 is 5.97 Å². The molecule has 0 spiro atoms. The van der Waals surface area contributed by atoms with Crippen molar-refractivity contribution in [1.29, 1.82) is 0 Å². The summed E-state index contributed by atoms with van der Waals surface area (Å²) in [4.78, 5) is 16.6. The minimum absolute atomic E-state index is 0.0478. The van der Waals surface area contributed by atoms with E-state index in [1.807, 2.05) is 4.90 Å². The van der Waals surface area contributed by atoms with E-state index in [0.717, 1.165) is 25.9 Å². The zero-order valence-electron chi connectivity index (χ0n) is 9.67. The summed E-state index contributed by atoms with van der Waals surface area (Å²) in [6.45, 7) is 3.76. The Kier molecular flexibility index (Phi) is 3.61. The van der Waals surface area contributed by atoms with Crippen molar-refractivity contribution in [2.45, 2.75) is 25.0 Å². The van der Waals surface area contributed by atoms with Crippen LogP contribution in [0.5, 0.6) is 0 Å². The number of aromatic carboxylic acids is 1. The quantitative estimate of drug-likeness (QED) is 0.809. The molecule has 0 bridgehead atoms. The molecule has 6 heteroatoms. The molecule has 1 aromatic heterocycles. The number of piperidine rings is 1. The molecule has 94 valence electrons. The van der Waals surface area contributed by atoms with Gasteiger partial charge in [-0.3, -0.25) is 0 Å². The van der Waals surface area contributed by atoms with Gasteiger partial charge in [0.1, 0.15) is 6.26 Å². The number of aromatic nitrogens is 1. The van der Waals surface area contributed by atoms with Crippen LogP contribution in [-0.2, 0) is 0 Å². The van der Waals surface area contributed by atoms with Gasteiger partial charge in [-0.15, -0.1) is 0 Å². The van der Waals surface area contributed by atoms with E-state index in [2.05, 4.69) is 24.5 Å². The lowest BCUT2D eigenvalue weighted by Gasteiger charge is -2.34. The van der Waals surface area contributed by atoms with Crippen molar-refractivity contribution < 1.29 is 14.3 Å². The minimum atomic E-state index is -1.06. The van der Waals surface area contributed by atoms with Crippen molar-refractivity contribution in [2.75, 3.05) is 18.0 Å². The molecule has 1 unspecified atom stereocenters. The van der Waals surface area contributed by atoms with Gasteiger partial charge in [-0.05, 0) is 12.3 Å². The Hall–Kier alpha value is -1.17. The van der Waals surface area contributed by atoms with Gasteiger partial charge in [0, 0.05) is 18.3 Å². The highest BCUT2D eigenvalue weighted by molar-refractivity contribution is 7.81. The maximum Gasteiger partial charge on any atom is 0.357 e. The second-order valence-corrected chi connectivity index (χ2v) is 4.95.